The maximum Gasteiger partial charge on any atom is 0.309 e. The summed E-state index contributed by atoms with van der Waals surface area (Å²) < 4.78 is 22.4. The number of ketones is 1. The number of carbonyl (C=O) groups is 2. The zero-order valence-corrected chi connectivity index (χ0v) is 16.0. The Morgan fingerprint density at radius 1 is 1.08 bits per heavy atom. The lowest BCUT2D eigenvalue weighted by atomic mass is 9.72. The summed E-state index contributed by atoms with van der Waals surface area (Å²) in [6, 6.07) is 0. The number of fused-ring (bicyclic) bond motifs is 2. The number of rotatable bonds is 7. The van der Waals surface area contributed by atoms with Crippen molar-refractivity contribution in [3.05, 3.63) is 0 Å². The largest absolute Gasteiger partial charge is 0.465 e. The van der Waals surface area contributed by atoms with Crippen LogP contribution in [0.25, 0.3) is 0 Å². The molecule has 6 nitrogen and oxygen atoms in total. The molecule has 4 rings (SSSR count). The Balaban J connectivity index is 1.33. The van der Waals surface area contributed by atoms with E-state index in [1.54, 1.807) is 0 Å². The second-order valence-corrected chi connectivity index (χ2v) is 8.87. The monoisotopic (exact) mass is 366 g/mol. The summed E-state index contributed by atoms with van der Waals surface area (Å²) in [6.45, 7) is 7.03. The molecule has 0 aromatic carbocycles. The molecule has 7 unspecified atom stereocenters. The van der Waals surface area contributed by atoms with Crippen molar-refractivity contribution in [2.45, 2.75) is 76.3 Å². The average molecular weight is 366 g/mol. The van der Waals surface area contributed by atoms with Gasteiger partial charge < -0.3 is 18.9 Å². The van der Waals surface area contributed by atoms with Gasteiger partial charge in [0.2, 0.25) is 0 Å². The first-order valence-electron chi connectivity index (χ1n) is 9.97. The standard InChI is InChI=1S/C20H30O6/c1-4-23-11-15(21)14-9-20(3)17(26-20)8-13(14)18(22)24-10-12-5-6-19(2)16(7-12)25-19/h12-14,16-17H,4-11H2,1-3H3. The molecule has 0 bridgehead atoms. The molecule has 0 aromatic rings. The second-order valence-electron chi connectivity index (χ2n) is 8.87. The van der Waals surface area contributed by atoms with Crippen molar-refractivity contribution in [3.63, 3.8) is 0 Å². The van der Waals surface area contributed by atoms with Crippen molar-refractivity contribution in [3.8, 4) is 0 Å². The van der Waals surface area contributed by atoms with Crippen LogP contribution < -0.4 is 0 Å². The van der Waals surface area contributed by atoms with Gasteiger partial charge in [-0.05, 0) is 58.8 Å². The van der Waals surface area contributed by atoms with E-state index in [0.29, 0.717) is 38.1 Å². The molecule has 2 saturated carbocycles. The number of esters is 1. The predicted molar refractivity (Wildman–Crippen MR) is 92.6 cm³/mol. The smallest absolute Gasteiger partial charge is 0.309 e. The Hall–Kier alpha value is -0.980. The van der Waals surface area contributed by atoms with Crippen LogP contribution in [0.5, 0.6) is 0 Å². The molecule has 6 heteroatoms. The average Bonchev–Trinajstić information content (AvgIpc) is 3.48. The van der Waals surface area contributed by atoms with Crippen molar-refractivity contribution >= 4 is 11.8 Å². The van der Waals surface area contributed by atoms with Crippen LogP contribution in [0, 0.1) is 17.8 Å². The van der Waals surface area contributed by atoms with Gasteiger partial charge in [0.15, 0.2) is 5.78 Å². The number of Topliss-reactive ketones (excluding diaryl/α,β-unsaturated/α-hetero) is 1. The van der Waals surface area contributed by atoms with Crippen molar-refractivity contribution in [2.75, 3.05) is 19.8 Å². The Kier molecular flexibility index (Phi) is 4.65. The highest BCUT2D eigenvalue weighted by Gasteiger charge is 2.61. The highest BCUT2D eigenvalue weighted by atomic mass is 16.6. The molecule has 7 atom stereocenters. The van der Waals surface area contributed by atoms with Gasteiger partial charge in [0, 0.05) is 12.5 Å². The van der Waals surface area contributed by atoms with Gasteiger partial charge in [-0.3, -0.25) is 9.59 Å². The van der Waals surface area contributed by atoms with E-state index in [1.165, 1.54) is 0 Å². The van der Waals surface area contributed by atoms with E-state index in [0.717, 1.165) is 19.3 Å². The quantitative estimate of drug-likeness (QED) is 0.508. The van der Waals surface area contributed by atoms with Crippen LogP contribution in [0.3, 0.4) is 0 Å². The fourth-order valence-corrected chi connectivity index (χ4v) is 4.83. The molecule has 26 heavy (non-hydrogen) atoms. The van der Waals surface area contributed by atoms with Crippen molar-refractivity contribution < 1.29 is 28.5 Å². The molecule has 146 valence electrons. The van der Waals surface area contributed by atoms with Gasteiger partial charge in [0.1, 0.15) is 6.61 Å². The summed E-state index contributed by atoms with van der Waals surface area (Å²) in [5.41, 5.74) is -0.172. The van der Waals surface area contributed by atoms with Gasteiger partial charge in [-0.2, -0.15) is 0 Å². The van der Waals surface area contributed by atoms with E-state index < -0.39 is 5.92 Å². The number of epoxide rings is 2. The normalized spacial score (nSPS) is 46.0. The molecule has 0 radical (unpaired) electrons. The summed E-state index contributed by atoms with van der Waals surface area (Å²) in [5.74, 6) is -0.664. The SMILES string of the molecule is CCOCC(=O)C1CC2(C)OC2CC1C(=O)OCC1CCC2(C)OC2C1. The Labute approximate surface area is 154 Å². The van der Waals surface area contributed by atoms with E-state index in [2.05, 4.69) is 6.92 Å². The third-order valence-electron chi connectivity index (χ3n) is 6.87. The molecule has 2 saturated heterocycles. The first kappa shape index (κ1) is 18.4. The lowest BCUT2D eigenvalue weighted by molar-refractivity contribution is -0.156. The van der Waals surface area contributed by atoms with Crippen LogP contribution in [0.4, 0.5) is 0 Å². The number of hydrogen-bond acceptors (Lipinski definition) is 6. The Morgan fingerprint density at radius 2 is 1.81 bits per heavy atom. The summed E-state index contributed by atoms with van der Waals surface area (Å²) in [7, 11) is 0. The molecule has 2 aliphatic carbocycles. The van der Waals surface area contributed by atoms with Gasteiger partial charge in [0.25, 0.3) is 0 Å². The number of carbonyl (C=O) groups excluding carboxylic acids is 2. The second kappa shape index (κ2) is 6.57. The zero-order valence-electron chi connectivity index (χ0n) is 16.0. The molecule has 0 amide bonds. The molecule has 2 heterocycles. The van der Waals surface area contributed by atoms with Gasteiger partial charge in [-0.15, -0.1) is 0 Å². The highest BCUT2D eigenvalue weighted by Crippen LogP contribution is 2.52. The van der Waals surface area contributed by atoms with Gasteiger partial charge >= 0.3 is 5.97 Å². The van der Waals surface area contributed by atoms with E-state index in [4.69, 9.17) is 18.9 Å². The molecule has 2 aliphatic heterocycles. The van der Waals surface area contributed by atoms with E-state index in [1.807, 2.05) is 13.8 Å². The van der Waals surface area contributed by atoms with Crippen LogP contribution >= 0.6 is 0 Å². The summed E-state index contributed by atoms with van der Waals surface area (Å²) in [5, 5.41) is 0. The fourth-order valence-electron chi connectivity index (χ4n) is 4.83. The Bertz CT molecular complexity index is 591. The zero-order chi connectivity index (χ0) is 18.5. The molecule has 4 fully saturated rings. The highest BCUT2D eigenvalue weighted by molar-refractivity contribution is 5.88. The van der Waals surface area contributed by atoms with E-state index in [-0.39, 0.29) is 41.6 Å². The van der Waals surface area contributed by atoms with Crippen molar-refractivity contribution in [1.82, 2.24) is 0 Å². The maximum atomic E-state index is 12.8. The number of hydrogen-bond donors (Lipinski definition) is 0. The van der Waals surface area contributed by atoms with Gasteiger partial charge in [-0.25, -0.2) is 0 Å². The van der Waals surface area contributed by atoms with Crippen LogP contribution in [-0.4, -0.2) is 55.0 Å². The third-order valence-corrected chi connectivity index (χ3v) is 6.87. The minimum absolute atomic E-state index is 0.0104. The summed E-state index contributed by atoms with van der Waals surface area (Å²) in [6.07, 6.45) is 4.59. The van der Waals surface area contributed by atoms with Gasteiger partial charge in [-0.1, -0.05) is 0 Å². The maximum absolute atomic E-state index is 12.8. The molecular formula is C20H30O6. The minimum atomic E-state index is -0.408. The lowest BCUT2D eigenvalue weighted by Crippen LogP contribution is -2.41. The summed E-state index contributed by atoms with van der Waals surface area (Å²) in [4.78, 5) is 25.3. The third kappa shape index (κ3) is 3.43. The Morgan fingerprint density at radius 3 is 2.54 bits per heavy atom. The topological polar surface area (TPSA) is 77.7 Å². The van der Waals surface area contributed by atoms with E-state index >= 15 is 0 Å². The molecule has 0 N–H and O–H groups in total. The van der Waals surface area contributed by atoms with E-state index in [9.17, 15) is 9.59 Å². The fraction of sp³-hybridized carbons (Fsp3) is 0.900. The van der Waals surface area contributed by atoms with Crippen LogP contribution in [0.2, 0.25) is 0 Å². The van der Waals surface area contributed by atoms with Crippen molar-refractivity contribution in [1.29, 1.82) is 0 Å². The molecule has 0 aromatic heterocycles. The van der Waals surface area contributed by atoms with Crippen LogP contribution in [0.15, 0.2) is 0 Å². The number of ether oxygens (including phenoxy) is 4. The lowest BCUT2D eigenvalue weighted by Gasteiger charge is -2.30. The predicted octanol–water partition coefficient (Wildman–Crippen LogP) is 2.28. The van der Waals surface area contributed by atoms with Gasteiger partial charge in [0.05, 0.1) is 35.9 Å². The molecule has 0 spiro atoms. The summed E-state index contributed by atoms with van der Waals surface area (Å²) >= 11 is 0. The molecular weight excluding hydrogens is 336 g/mol. The van der Waals surface area contributed by atoms with Crippen LogP contribution in [-0.2, 0) is 28.5 Å². The molecule has 4 aliphatic rings. The minimum Gasteiger partial charge on any atom is -0.465 e. The van der Waals surface area contributed by atoms with Crippen molar-refractivity contribution in [2.24, 2.45) is 17.8 Å². The first-order chi connectivity index (χ1) is 12.3. The first-order valence-corrected chi connectivity index (χ1v) is 9.97. The van der Waals surface area contributed by atoms with Crippen LogP contribution in [0.1, 0.15) is 52.9 Å².